The standard InChI is InChI=1S/C12H17N5O2/c1-7-8(2)16(12(19)15-7)5-4-11(18)17-9(3)10(13)6-14-17/h6H,4-5,13H2,1-3H3,(H,15,19). The third-order valence-electron chi connectivity index (χ3n) is 3.32. The van der Waals surface area contributed by atoms with Crippen molar-refractivity contribution in [2.45, 2.75) is 33.7 Å². The number of aromatic nitrogens is 4. The Balaban J connectivity index is 2.13. The van der Waals surface area contributed by atoms with Gasteiger partial charge >= 0.3 is 5.69 Å². The number of rotatable bonds is 3. The molecule has 0 aromatic carbocycles. The summed E-state index contributed by atoms with van der Waals surface area (Å²) in [7, 11) is 0. The SMILES string of the molecule is Cc1[nH]c(=O)n(CCC(=O)n2ncc(N)c2C)c1C. The van der Waals surface area contributed by atoms with Crippen LogP contribution in [-0.2, 0) is 6.54 Å². The van der Waals surface area contributed by atoms with Crippen molar-refractivity contribution in [1.82, 2.24) is 19.3 Å². The Morgan fingerprint density at radius 1 is 1.37 bits per heavy atom. The number of nitrogen functional groups attached to an aromatic ring is 1. The summed E-state index contributed by atoms with van der Waals surface area (Å²) >= 11 is 0. The molecule has 0 atom stereocenters. The first-order chi connectivity index (χ1) is 8.91. The molecule has 0 aliphatic carbocycles. The van der Waals surface area contributed by atoms with Gasteiger partial charge in [0.2, 0.25) is 5.91 Å². The van der Waals surface area contributed by atoms with Gasteiger partial charge in [0, 0.05) is 24.4 Å². The molecule has 0 spiro atoms. The number of anilines is 1. The van der Waals surface area contributed by atoms with Crippen LogP contribution in [0.3, 0.4) is 0 Å². The van der Waals surface area contributed by atoms with Gasteiger partial charge in [0.15, 0.2) is 0 Å². The predicted octanol–water partition coefficient (Wildman–Crippen LogP) is 0.611. The van der Waals surface area contributed by atoms with Gasteiger partial charge in [-0.2, -0.15) is 5.10 Å². The number of nitrogens with one attached hydrogen (secondary N) is 1. The number of nitrogens with two attached hydrogens (primary N) is 1. The van der Waals surface area contributed by atoms with Crippen LogP contribution in [-0.4, -0.2) is 25.2 Å². The molecule has 0 saturated carbocycles. The van der Waals surface area contributed by atoms with Gasteiger partial charge in [-0.05, 0) is 20.8 Å². The maximum atomic E-state index is 12.0. The van der Waals surface area contributed by atoms with Gasteiger partial charge in [0.25, 0.3) is 0 Å². The lowest BCUT2D eigenvalue weighted by Crippen LogP contribution is -2.22. The van der Waals surface area contributed by atoms with E-state index in [4.69, 9.17) is 5.73 Å². The fraction of sp³-hybridized carbons (Fsp3) is 0.417. The zero-order valence-electron chi connectivity index (χ0n) is 11.2. The summed E-state index contributed by atoms with van der Waals surface area (Å²) < 4.78 is 2.82. The van der Waals surface area contributed by atoms with Crippen molar-refractivity contribution < 1.29 is 4.79 Å². The molecule has 0 amide bonds. The number of hydrogen-bond acceptors (Lipinski definition) is 4. The first-order valence-corrected chi connectivity index (χ1v) is 6.01. The van der Waals surface area contributed by atoms with Crippen molar-refractivity contribution in [3.8, 4) is 0 Å². The van der Waals surface area contributed by atoms with Crippen LogP contribution < -0.4 is 11.4 Å². The number of H-pyrrole nitrogens is 1. The lowest BCUT2D eigenvalue weighted by Gasteiger charge is -2.05. The molecule has 2 heterocycles. The molecule has 7 nitrogen and oxygen atoms in total. The van der Waals surface area contributed by atoms with Crippen LogP contribution in [0.4, 0.5) is 5.69 Å². The summed E-state index contributed by atoms with van der Waals surface area (Å²) in [6.45, 7) is 5.73. The molecular weight excluding hydrogens is 246 g/mol. The van der Waals surface area contributed by atoms with Crippen LogP contribution in [0.5, 0.6) is 0 Å². The smallest absolute Gasteiger partial charge is 0.325 e. The van der Waals surface area contributed by atoms with Gasteiger partial charge in [0.1, 0.15) is 0 Å². The van der Waals surface area contributed by atoms with Crippen LogP contribution >= 0.6 is 0 Å². The van der Waals surface area contributed by atoms with Gasteiger partial charge in [-0.25, -0.2) is 9.48 Å². The largest absolute Gasteiger partial charge is 0.396 e. The van der Waals surface area contributed by atoms with E-state index in [2.05, 4.69) is 10.1 Å². The Kier molecular flexibility index (Phi) is 3.28. The van der Waals surface area contributed by atoms with Gasteiger partial charge < -0.3 is 10.7 Å². The fourth-order valence-electron chi connectivity index (χ4n) is 1.93. The Morgan fingerprint density at radius 2 is 2.05 bits per heavy atom. The Hall–Kier alpha value is -2.31. The second-order valence-electron chi connectivity index (χ2n) is 4.53. The van der Waals surface area contributed by atoms with E-state index in [0.717, 1.165) is 11.4 Å². The highest BCUT2D eigenvalue weighted by atomic mass is 16.2. The molecule has 0 fully saturated rings. The van der Waals surface area contributed by atoms with Crippen molar-refractivity contribution in [3.63, 3.8) is 0 Å². The normalized spacial score (nSPS) is 10.9. The van der Waals surface area contributed by atoms with Crippen LogP contribution in [0.1, 0.15) is 28.3 Å². The average Bonchev–Trinajstić information content (AvgIpc) is 2.80. The molecule has 0 bridgehead atoms. The van der Waals surface area contributed by atoms with Crippen LogP contribution in [0, 0.1) is 20.8 Å². The van der Waals surface area contributed by atoms with E-state index < -0.39 is 0 Å². The molecule has 0 aliphatic heterocycles. The van der Waals surface area contributed by atoms with Gasteiger partial charge in [-0.3, -0.25) is 9.36 Å². The molecule has 0 radical (unpaired) electrons. The minimum atomic E-state index is -0.195. The highest BCUT2D eigenvalue weighted by molar-refractivity contribution is 5.79. The topological polar surface area (TPSA) is 98.7 Å². The van der Waals surface area contributed by atoms with Crippen molar-refractivity contribution in [1.29, 1.82) is 0 Å². The van der Waals surface area contributed by atoms with Crippen LogP contribution in [0.25, 0.3) is 0 Å². The number of hydrogen-bond donors (Lipinski definition) is 2. The molecule has 2 aromatic rings. The Morgan fingerprint density at radius 3 is 2.53 bits per heavy atom. The van der Waals surface area contributed by atoms with Gasteiger partial charge in [0.05, 0.1) is 17.6 Å². The molecule has 7 heteroatoms. The van der Waals surface area contributed by atoms with Crippen molar-refractivity contribution in [2.75, 3.05) is 5.73 Å². The predicted molar refractivity (Wildman–Crippen MR) is 71.1 cm³/mol. The van der Waals surface area contributed by atoms with E-state index in [1.807, 2.05) is 13.8 Å². The van der Waals surface area contributed by atoms with Crippen molar-refractivity contribution >= 4 is 11.6 Å². The maximum absolute atomic E-state index is 12.0. The quantitative estimate of drug-likeness (QED) is 0.847. The fourth-order valence-corrected chi connectivity index (χ4v) is 1.93. The highest BCUT2D eigenvalue weighted by Gasteiger charge is 2.13. The number of aromatic amines is 1. The van der Waals surface area contributed by atoms with E-state index in [9.17, 15) is 9.59 Å². The lowest BCUT2D eigenvalue weighted by atomic mass is 10.3. The number of imidazole rings is 1. The molecule has 102 valence electrons. The third-order valence-corrected chi connectivity index (χ3v) is 3.32. The monoisotopic (exact) mass is 263 g/mol. The van der Waals surface area contributed by atoms with Gasteiger partial charge in [-0.1, -0.05) is 0 Å². The highest BCUT2D eigenvalue weighted by Crippen LogP contribution is 2.09. The summed E-state index contributed by atoms with van der Waals surface area (Å²) in [6, 6.07) is 0. The van der Waals surface area contributed by atoms with Gasteiger partial charge in [-0.15, -0.1) is 0 Å². The number of aryl methyl sites for hydroxylation is 1. The summed E-state index contributed by atoms with van der Waals surface area (Å²) in [6.07, 6.45) is 1.64. The summed E-state index contributed by atoms with van der Waals surface area (Å²) in [5, 5.41) is 3.92. The Labute approximate surface area is 110 Å². The van der Waals surface area contributed by atoms with Crippen LogP contribution in [0.15, 0.2) is 11.0 Å². The number of carbonyl (C=O) groups excluding carboxylic acids is 1. The summed E-state index contributed by atoms with van der Waals surface area (Å²) in [5.74, 6) is -0.181. The maximum Gasteiger partial charge on any atom is 0.325 e. The van der Waals surface area contributed by atoms with Crippen LogP contribution in [0.2, 0.25) is 0 Å². The second kappa shape index (κ2) is 4.75. The van der Waals surface area contributed by atoms with Crippen molar-refractivity contribution in [3.05, 3.63) is 33.8 Å². The van der Waals surface area contributed by atoms with E-state index in [0.29, 0.717) is 17.9 Å². The van der Waals surface area contributed by atoms with E-state index in [1.54, 1.807) is 11.5 Å². The Bertz CT molecular complexity index is 677. The third kappa shape index (κ3) is 2.31. The zero-order chi connectivity index (χ0) is 14.2. The average molecular weight is 263 g/mol. The molecule has 0 aliphatic rings. The summed E-state index contributed by atoms with van der Waals surface area (Å²) in [5.41, 5.74) is 8.22. The first kappa shape index (κ1) is 13.1. The van der Waals surface area contributed by atoms with Crippen molar-refractivity contribution in [2.24, 2.45) is 0 Å². The minimum Gasteiger partial charge on any atom is -0.396 e. The number of nitrogens with zero attached hydrogens (tertiary/aromatic N) is 3. The van der Waals surface area contributed by atoms with E-state index in [-0.39, 0.29) is 18.0 Å². The molecule has 0 saturated heterocycles. The molecule has 0 unspecified atom stereocenters. The van der Waals surface area contributed by atoms with E-state index >= 15 is 0 Å². The van der Waals surface area contributed by atoms with E-state index in [1.165, 1.54) is 10.9 Å². The zero-order valence-corrected chi connectivity index (χ0v) is 11.2. The summed E-state index contributed by atoms with van der Waals surface area (Å²) in [4.78, 5) is 26.3. The minimum absolute atomic E-state index is 0.181. The molecular formula is C12H17N5O2. The first-order valence-electron chi connectivity index (χ1n) is 6.01. The molecule has 2 aromatic heterocycles. The molecule has 2 rings (SSSR count). The molecule has 19 heavy (non-hydrogen) atoms. The number of carbonyl (C=O) groups is 1. The second-order valence-corrected chi connectivity index (χ2v) is 4.53. The lowest BCUT2D eigenvalue weighted by molar-refractivity contribution is 0.0878. The molecule has 3 N–H and O–H groups in total.